The molecule has 1 saturated carbocycles. The summed E-state index contributed by atoms with van der Waals surface area (Å²) in [5.41, 5.74) is 1.97. The van der Waals surface area contributed by atoms with Gasteiger partial charge in [0.2, 0.25) is 23.5 Å². The summed E-state index contributed by atoms with van der Waals surface area (Å²) >= 11 is 6.25. The summed E-state index contributed by atoms with van der Waals surface area (Å²) in [5, 5.41) is 9.04. The van der Waals surface area contributed by atoms with Crippen molar-refractivity contribution >= 4 is 46.7 Å². The number of amides is 4. The third kappa shape index (κ3) is 10.1. The van der Waals surface area contributed by atoms with Crippen molar-refractivity contribution in [3.05, 3.63) is 40.9 Å². The van der Waals surface area contributed by atoms with Crippen LogP contribution in [-0.2, 0) is 28.8 Å². The topological polar surface area (TPSA) is 146 Å². The van der Waals surface area contributed by atoms with Gasteiger partial charge in [-0.1, -0.05) is 77.1 Å². The van der Waals surface area contributed by atoms with Gasteiger partial charge in [0.1, 0.15) is 17.7 Å². The molecule has 1 saturated heterocycles. The maximum absolute atomic E-state index is 14.6. The van der Waals surface area contributed by atoms with Gasteiger partial charge in [0.05, 0.1) is 18.3 Å². The lowest BCUT2D eigenvalue weighted by Gasteiger charge is -2.36. The molecule has 1 spiro atoms. The predicted octanol–water partition coefficient (Wildman–Crippen LogP) is 4.83. The molecule has 0 bridgehead atoms. The molecule has 2 aliphatic heterocycles. The molecule has 2 fully saturated rings. The molecule has 1 aliphatic carbocycles. The van der Waals surface area contributed by atoms with E-state index in [-0.39, 0.29) is 31.2 Å². The summed E-state index contributed by atoms with van der Waals surface area (Å²) < 4.78 is 0. The molecule has 0 aromatic heterocycles. The molecule has 4 atom stereocenters. The number of ketones is 1. The second-order valence-corrected chi connectivity index (χ2v) is 16.5. The lowest BCUT2D eigenvalue weighted by Crippen LogP contribution is -2.59. The number of halogens is 1. The van der Waals surface area contributed by atoms with Crippen LogP contribution >= 0.6 is 11.6 Å². The third-order valence-electron chi connectivity index (χ3n) is 9.39. The molecule has 49 heavy (non-hydrogen) atoms. The molecule has 2 heterocycles. The van der Waals surface area contributed by atoms with Crippen LogP contribution in [0.1, 0.15) is 112 Å². The van der Waals surface area contributed by atoms with Crippen molar-refractivity contribution in [3.8, 4) is 0 Å². The van der Waals surface area contributed by atoms with E-state index in [1.165, 1.54) is 11.3 Å². The Balaban J connectivity index is 1.63. The highest BCUT2D eigenvalue weighted by molar-refractivity contribution is 6.38. The van der Waals surface area contributed by atoms with Crippen molar-refractivity contribution in [3.63, 3.8) is 0 Å². The van der Waals surface area contributed by atoms with Crippen molar-refractivity contribution in [2.75, 3.05) is 6.54 Å². The molecule has 12 heteroatoms. The Morgan fingerprint density at radius 1 is 1.04 bits per heavy atom. The normalized spacial score (nSPS) is 22.6. The van der Waals surface area contributed by atoms with Crippen LogP contribution < -0.4 is 21.4 Å². The van der Waals surface area contributed by atoms with Crippen LogP contribution in [0.3, 0.4) is 0 Å². The molecule has 3 aliphatic rings. The van der Waals surface area contributed by atoms with Gasteiger partial charge < -0.3 is 20.9 Å². The predicted molar refractivity (Wildman–Crippen MR) is 189 cm³/mol. The van der Waals surface area contributed by atoms with Crippen molar-refractivity contribution in [1.29, 1.82) is 0 Å². The Hall–Kier alpha value is -3.44. The smallest absolute Gasteiger partial charge is 0.290 e. The van der Waals surface area contributed by atoms with E-state index in [0.29, 0.717) is 23.6 Å². The molecule has 1 aromatic carbocycles. The number of hydrogen-bond acceptors (Lipinski definition) is 7. The number of hydroxylamine groups is 1. The fraction of sp³-hybridized carbons (Fsp3) is 0.649. The molecule has 4 amide bonds. The SMILES string of the molecule is CCC[C@H](NC(=O)[C@@H]1C[C@]2(C=C(c3cccc(Cl)c3)NO2)CN1C(=O)[C@@H](NC(=O)CC1CCCCC1)C(C)(C)C)C(=O)C(=O)NC(C)(C)C. The van der Waals surface area contributed by atoms with E-state index in [1.807, 2.05) is 45.9 Å². The summed E-state index contributed by atoms with van der Waals surface area (Å²) in [4.78, 5) is 75.8. The number of carbonyl (C=O) groups is 5. The Labute approximate surface area is 295 Å². The number of rotatable bonds is 11. The summed E-state index contributed by atoms with van der Waals surface area (Å²) in [7, 11) is 0. The quantitative estimate of drug-likeness (QED) is 0.242. The number of carbonyl (C=O) groups excluding carboxylic acids is 5. The van der Waals surface area contributed by atoms with Gasteiger partial charge in [-0.15, -0.1) is 0 Å². The lowest BCUT2D eigenvalue weighted by atomic mass is 9.84. The Morgan fingerprint density at radius 2 is 1.73 bits per heavy atom. The van der Waals surface area contributed by atoms with Gasteiger partial charge in [-0.3, -0.25) is 34.3 Å². The van der Waals surface area contributed by atoms with Crippen LogP contribution in [-0.4, -0.2) is 70.1 Å². The maximum atomic E-state index is 14.6. The molecule has 270 valence electrons. The number of nitrogens with one attached hydrogen (secondary N) is 4. The molecular weight excluding hydrogens is 646 g/mol. The Kier molecular flexibility index (Phi) is 12.2. The number of Topliss-reactive ketones (excluding diaryl/α,β-unsaturated/α-hetero) is 1. The van der Waals surface area contributed by atoms with Crippen LogP contribution in [0, 0.1) is 11.3 Å². The monoisotopic (exact) mass is 699 g/mol. The first-order chi connectivity index (χ1) is 22.9. The van der Waals surface area contributed by atoms with Crippen LogP contribution in [0.15, 0.2) is 30.3 Å². The molecule has 4 rings (SSSR count). The summed E-state index contributed by atoms with van der Waals surface area (Å²) in [6.45, 7) is 12.8. The molecule has 4 N–H and O–H groups in total. The summed E-state index contributed by atoms with van der Waals surface area (Å²) in [6, 6.07) is 4.17. The summed E-state index contributed by atoms with van der Waals surface area (Å²) in [6.07, 6.45) is 8.43. The van der Waals surface area contributed by atoms with Crippen molar-refractivity contribution in [2.45, 2.75) is 136 Å². The van der Waals surface area contributed by atoms with Crippen LogP contribution in [0.25, 0.3) is 5.70 Å². The van der Waals surface area contributed by atoms with Crippen LogP contribution in [0.2, 0.25) is 5.02 Å². The second kappa shape index (κ2) is 15.6. The lowest BCUT2D eigenvalue weighted by molar-refractivity contribution is -0.145. The Bertz CT molecular complexity index is 1440. The maximum Gasteiger partial charge on any atom is 0.290 e. The van der Waals surface area contributed by atoms with Gasteiger partial charge in [-0.05, 0) is 69.6 Å². The minimum absolute atomic E-state index is 0.0168. The van der Waals surface area contributed by atoms with Gasteiger partial charge in [0, 0.05) is 29.0 Å². The first-order valence-electron chi connectivity index (χ1n) is 17.6. The standard InChI is InChI=1S/C37H54ClN5O6/c1-8-13-26(30(45)33(47)41-36(5,6)7)39-32(46)28-21-37(20-27(42-49-37)24-16-12-17-25(38)19-24)22-43(28)34(48)31(35(2,3)4)40-29(44)18-23-14-10-9-11-15-23/h12,16-17,19-20,23,26,28,31,42H,8-11,13-15,18,21-22H2,1-7H3,(H,39,46)(H,40,44)(H,41,47)/t26-,28-,31+,37+/m0/s1. The van der Waals surface area contributed by atoms with E-state index in [9.17, 15) is 24.0 Å². The third-order valence-corrected chi connectivity index (χ3v) is 9.62. The zero-order valence-corrected chi connectivity index (χ0v) is 30.8. The van der Waals surface area contributed by atoms with Crippen molar-refractivity contribution in [2.24, 2.45) is 11.3 Å². The molecule has 0 radical (unpaired) electrons. The average Bonchev–Trinajstić information content (AvgIpc) is 3.61. The fourth-order valence-electron chi connectivity index (χ4n) is 6.90. The van der Waals surface area contributed by atoms with Gasteiger partial charge in [0.15, 0.2) is 0 Å². The highest BCUT2D eigenvalue weighted by Crippen LogP contribution is 2.39. The van der Waals surface area contributed by atoms with Gasteiger partial charge >= 0.3 is 0 Å². The zero-order chi connectivity index (χ0) is 36.1. The van der Waals surface area contributed by atoms with E-state index in [0.717, 1.165) is 31.2 Å². The number of benzene rings is 1. The van der Waals surface area contributed by atoms with E-state index < -0.39 is 58.2 Å². The number of hydrogen-bond donors (Lipinski definition) is 4. The molecule has 1 aromatic rings. The summed E-state index contributed by atoms with van der Waals surface area (Å²) in [5.74, 6) is -2.42. The van der Waals surface area contributed by atoms with Gasteiger partial charge in [0.25, 0.3) is 5.91 Å². The Morgan fingerprint density at radius 3 is 2.35 bits per heavy atom. The average molecular weight is 700 g/mol. The van der Waals surface area contributed by atoms with E-state index >= 15 is 0 Å². The second-order valence-electron chi connectivity index (χ2n) is 16.0. The minimum Gasteiger partial charge on any atom is -0.345 e. The highest BCUT2D eigenvalue weighted by Gasteiger charge is 2.54. The molecule has 0 unspecified atom stereocenters. The van der Waals surface area contributed by atoms with E-state index in [1.54, 1.807) is 32.9 Å². The largest absolute Gasteiger partial charge is 0.345 e. The van der Waals surface area contributed by atoms with Crippen LogP contribution in [0.5, 0.6) is 0 Å². The molecular formula is C37H54ClN5O6. The van der Waals surface area contributed by atoms with Crippen LogP contribution in [0.4, 0.5) is 0 Å². The van der Waals surface area contributed by atoms with Gasteiger partial charge in [-0.25, -0.2) is 0 Å². The molecule has 11 nitrogen and oxygen atoms in total. The van der Waals surface area contributed by atoms with Crippen molar-refractivity contribution in [1.82, 2.24) is 26.3 Å². The minimum atomic E-state index is -1.09. The zero-order valence-electron chi connectivity index (χ0n) is 30.0. The van der Waals surface area contributed by atoms with Crippen molar-refractivity contribution < 1.29 is 28.8 Å². The van der Waals surface area contributed by atoms with E-state index in [4.69, 9.17) is 16.4 Å². The number of likely N-dealkylation sites (tertiary alicyclic amines) is 1. The highest BCUT2D eigenvalue weighted by atomic mass is 35.5. The number of nitrogens with zero attached hydrogens (tertiary/aromatic N) is 1. The van der Waals surface area contributed by atoms with E-state index in [2.05, 4.69) is 21.4 Å². The first kappa shape index (κ1) is 38.4. The first-order valence-corrected chi connectivity index (χ1v) is 18.0. The fourth-order valence-corrected chi connectivity index (χ4v) is 7.09. The van der Waals surface area contributed by atoms with Gasteiger partial charge in [-0.2, -0.15) is 0 Å².